The van der Waals surface area contributed by atoms with E-state index < -0.39 is 9.05 Å². The van der Waals surface area contributed by atoms with Crippen LogP contribution in [-0.2, 0) is 18.5 Å². The number of rotatable bonds is 1. The van der Waals surface area contributed by atoms with Gasteiger partial charge in [0.05, 0.1) is 11.5 Å². The van der Waals surface area contributed by atoms with Crippen molar-refractivity contribution in [1.29, 1.82) is 0 Å². The molecule has 0 aromatic carbocycles. The molecule has 0 amide bonds. The van der Waals surface area contributed by atoms with E-state index in [0.29, 0.717) is 19.0 Å². The van der Waals surface area contributed by atoms with Crippen LogP contribution in [-0.4, -0.2) is 27.7 Å². The lowest BCUT2D eigenvalue weighted by molar-refractivity contribution is -0.0418. The molecule has 1 aliphatic carbocycles. The third kappa shape index (κ3) is 1.94. The maximum absolute atomic E-state index is 11.0. The molecule has 1 heterocycles. The molecule has 4 nitrogen and oxygen atoms in total. The lowest BCUT2D eigenvalue weighted by Crippen LogP contribution is -2.29. The summed E-state index contributed by atoms with van der Waals surface area (Å²) < 4.78 is 32.7. The summed E-state index contributed by atoms with van der Waals surface area (Å²) in [6, 6.07) is 0. The second-order valence-electron chi connectivity index (χ2n) is 3.05. The molecular formula is C8H9ClO4S. The molecule has 0 bridgehead atoms. The molecule has 1 atom stereocenters. The Hall–Kier alpha value is -0.520. The monoisotopic (exact) mass is 236 g/mol. The van der Waals surface area contributed by atoms with Gasteiger partial charge < -0.3 is 9.47 Å². The van der Waals surface area contributed by atoms with E-state index in [0.717, 1.165) is 0 Å². The van der Waals surface area contributed by atoms with Crippen LogP contribution in [0.3, 0.4) is 0 Å². The minimum atomic E-state index is -3.62. The predicted octanol–water partition coefficient (Wildman–Crippen LogP) is 1.14. The Morgan fingerprint density at radius 3 is 2.86 bits per heavy atom. The van der Waals surface area contributed by atoms with E-state index in [-0.39, 0.29) is 17.4 Å². The van der Waals surface area contributed by atoms with Crippen LogP contribution in [0, 0.1) is 0 Å². The summed E-state index contributed by atoms with van der Waals surface area (Å²) in [6.45, 7) is 0.997. The van der Waals surface area contributed by atoms with Gasteiger partial charge in [-0.3, -0.25) is 0 Å². The summed E-state index contributed by atoms with van der Waals surface area (Å²) in [4.78, 5) is 0.179. The van der Waals surface area contributed by atoms with Crippen LogP contribution in [0.4, 0.5) is 0 Å². The van der Waals surface area contributed by atoms with Crippen molar-refractivity contribution < 1.29 is 17.9 Å². The molecule has 2 rings (SSSR count). The quantitative estimate of drug-likeness (QED) is 0.641. The van der Waals surface area contributed by atoms with Gasteiger partial charge >= 0.3 is 0 Å². The lowest BCUT2D eigenvalue weighted by atomic mass is 10.1. The zero-order valence-electron chi connectivity index (χ0n) is 7.27. The van der Waals surface area contributed by atoms with Gasteiger partial charge in [-0.25, -0.2) is 8.42 Å². The molecular weight excluding hydrogens is 228 g/mol. The van der Waals surface area contributed by atoms with Crippen LogP contribution in [0.2, 0.25) is 0 Å². The van der Waals surface area contributed by atoms with Gasteiger partial charge in [-0.05, 0) is 12.2 Å². The zero-order valence-corrected chi connectivity index (χ0v) is 8.85. The molecule has 6 heteroatoms. The van der Waals surface area contributed by atoms with Gasteiger partial charge in [0.2, 0.25) is 0 Å². The highest BCUT2D eigenvalue weighted by Gasteiger charge is 2.29. The Morgan fingerprint density at radius 2 is 2.14 bits per heavy atom. The molecule has 0 saturated carbocycles. The van der Waals surface area contributed by atoms with Gasteiger partial charge in [-0.1, -0.05) is 0 Å². The maximum Gasteiger partial charge on any atom is 0.257 e. The normalized spacial score (nSPS) is 27.1. The van der Waals surface area contributed by atoms with Crippen LogP contribution in [0.1, 0.15) is 6.42 Å². The number of fused-ring (bicyclic) bond motifs is 1. The number of hydrogen-bond acceptors (Lipinski definition) is 4. The average molecular weight is 237 g/mol. The van der Waals surface area contributed by atoms with Crippen LogP contribution in [0.25, 0.3) is 0 Å². The Labute approximate surface area is 86.6 Å². The number of hydrogen-bond donors (Lipinski definition) is 0. The van der Waals surface area contributed by atoms with Crippen LogP contribution in [0.15, 0.2) is 22.8 Å². The second-order valence-corrected chi connectivity index (χ2v) is 5.67. The molecule has 2 aliphatic rings. The van der Waals surface area contributed by atoms with Crippen molar-refractivity contribution >= 4 is 19.7 Å². The van der Waals surface area contributed by atoms with Gasteiger partial charge in [-0.2, -0.15) is 0 Å². The first-order valence-electron chi connectivity index (χ1n) is 4.17. The van der Waals surface area contributed by atoms with Gasteiger partial charge in [0.25, 0.3) is 9.05 Å². The molecule has 0 aromatic heterocycles. The molecule has 1 saturated heterocycles. The summed E-state index contributed by atoms with van der Waals surface area (Å²) >= 11 is 0. The van der Waals surface area contributed by atoms with Crippen molar-refractivity contribution in [3.8, 4) is 0 Å². The van der Waals surface area contributed by atoms with Crippen molar-refractivity contribution in [2.24, 2.45) is 0 Å². The SMILES string of the molecule is O=S(=O)(Cl)C1=CC=C2OCCOC2C1. The standard InChI is InChI=1S/C8H9ClO4S/c9-14(10,11)6-1-2-7-8(5-6)13-4-3-12-7/h1-2,8H,3-5H2. The Kier molecular flexibility index (Phi) is 2.55. The molecule has 0 spiro atoms. The molecule has 78 valence electrons. The molecule has 14 heavy (non-hydrogen) atoms. The molecule has 0 aromatic rings. The first kappa shape index (κ1) is 10.0. The van der Waals surface area contributed by atoms with Gasteiger partial charge in [-0.15, -0.1) is 0 Å². The minimum absolute atomic E-state index is 0.179. The largest absolute Gasteiger partial charge is 0.493 e. The van der Waals surface area contributed by atoms with E-state index in [4.69, 9.17) is 20.2 Å². The molecule has 1 unspecified atom stereocenters. The van der Waals surface area contributed by atoms with Crippen molar-refractivity contribution in [2.45, 2.75) is 12.5 Å². The van der Waals surface area contributed by atoms with E-state index >= 15 is 0 Å². The fourth-order valence-corrected chi connectivity index (χ4v) is 2.37. The Balaban J connectivity index is 2.26. The van der Waals surface area contributed by atoms with Crippen molar-refractivity contribution in [3.05, 3.63) is 22.8 Å². The molecule has 1 fully saturated rings. The zero-order chi connectivity index (χ0) is 10.2. The number of ether oxygens (including phenoxy) is 2. The summed E-state index contributed by atoms with van der Waals surface area (Å²) in [7, 11) is 1.60. The van der Waals surface area contributed by atoms with Crippen LogP contribution >= 0.6 is 10.7 Å². The highest BCUT2D eigenvalue weighted by atomic mass is 35.7. The van der Waals surface area contributed by atoms with Gasteiger partial charge in [0.1, 0.15) is 18.5 Å². The summed E-state index contributed by atoms with van der Waals surface area (Å²) in [5.41, 5.74) is 0. The molecule has 0 N–H and O–H groups in total. The number of halogens is 1. The van der Waals surface area contributed by atoms with E-state index in [2.05, 4.69) is 0 Å². The smallest absolute Gasteiger partial charge is 0.257 e. The second kappa shape index (κ2) is 3.56. The highest BCUT2D eigenvalue weighted by molar-refractivity contribution is 8.16. The van der Waals surface area contributed by atoms with Gasteiger partial charge in [0.15, 0.2) is 0 Å². The average Bonchev–Trinajstić information content (AvgIpc) is 2.16. The highest BCUT2D eigenvalue weighted by Crippen LogP contribution is 2.29. The molecule has 0 radical (unpaired) electrons. The van der Waals surface area contributed by atoms with Crippen LogP contribution < -0.4 is 0 Å². The third-order valence-electron chi connectivity index (χ3n) is 2.12. The Bertz CT molecular complexity index is 396. The van der Waals surface area contributed by atoms with E-state index in [1.807, 2.05) is 0 Å². The first-order chi connectivity index (χ1) is 6.57. The summed E-state index contributed by atoms with van der Waals surface area (Å²) in [5, 5.41) is 0. The Morgan fingerprint density at radius 1 is 1.36 bits per heavy atom. The predicted molar refractivity (Wildman–Crippen MR) is 51.2 cm³/mol. The van der Waals surface area contributed by atoms with E-state index in [1.54, 1.807) is 6.08 Å². The maximum atomic E-state index is 11.0. The first-order valence-corrected chi connectivity index (χ1v) is 6.48. The van der Waals surface area contributed by atoms with E-state index in [1.165, 1.54) is 6.08 Å². The lowest BCUT2D eigenvalue weighted by Gasteiger charge is -2.28. The topological polar surface area (TPSA) is 52.6 Å². The summed E-state index contributed by atoms with van der Waals surface area (Å²) in [6.07, 6.45) is 3.03. The van der Waals surface area contributed by atoms with Crippen LogP contribution in [0.5, 0.6) is 0 Å². The molecule has 1 aliphatic heterocycles. The van der Waals surface area contributed by atoms with Gasteiger partial charge in [0, 0.05) is 17.1 Å². The van der Waals surface area contributed by atoms with Crippen molar-refractivity contribution in [2.75, 3.05) is 13.2 Å². The van der Waals surface area contributed by atoms with Crippen molar-refractivity contribution in [1.82, 2.24) is 0 Å². The fraction of sp³-hybridized carbons (Fsp3) is 0.500. The van der Waals surface area contributed by atoms with E-state index in [9.17, 15) is 8.42 Å². The number of allylic oxidation sites excluding steroid dienone is 2. The minimum Gasteiger partial charge on any atom is -0.493 e. The third-order valence-corrected chi connectivity index (χ3v) is 3.65. The fourth-order valence-electron chi connectivity index (χ4n) is 1.45. The summed E-state index contributed by atoms with van der Waals surface area (Å²) in [5.74, 6) is 0.681. The van der Waals surface area contributed by atoms with Crippen molar-refractivity contribution in [3.63, 3.8) is 0 Å².